The molecule has 1 fully saturated rings. The van der Waals surface area contributed by atoms with Gasteiger partial charge in [-0.15, -0.1) is 13.2 Å². The summed E-state index contributed by atoms with van der Waals surface area (Å²) >= 11 is 0. The Morgan fingerprint density at radius 3 is 1.95 bits per heavy atom. The monoisotopic (exact) mass is 559 g/mol. The molecule has 1 N–H and O–H groups in total. The maximum atomic E-state index is 12.4. The number of benzene rings is 2. The Hall–Kier alpha value is -3.12. The van der Waals surface area contributed by atoms with Crippen molar-refractivity contribution in [3.05, 3.63) is 59.7 Å². The number of aryl methyl sites for hydroxylation is 1. The van der Waals surface area contributed by atoms with Crippen LogP contribution in [0.5, 0.6) is 5.75 Å². The summed E-state index contributed by atoms with van der Waals surface area (Å²) in [7, 11) is -3.81. The summed E-state index contributed by atoms with van der Waals surface area (Å²) in [5, 5.41) is 2.64. The largest absolute Gasteiger partial charge is 0.573 e. The third-order valence-electron chi connectivity index (χ3n) is 5.33. The van der Waals surface area contributed by atoms with Gasteiger partial charge >= 0.3 is 6.36 Å². The molecule has 1 heterocycles. The smallest absolute Gasteiger partial charge is 0.406 e. The van der Waals surface area contributed by atoms with Crippen LogP contribution in [0.3, 0.4) is 0 Å². The minimum Gasteiger partial charge on any atom is -0.406 e. The van der Waals surface area contributed by atoms with Gasteiger partial charge in [0.1, 0.15) is 5.75 Å². The predicted octanol–water partition coefficient (Wildman–Crippen LogP) is 4.35. The van der Waals surface area contributed by atoms with E-state index < -0.39 is 22.1 Å². The zero-order chi connectivity index (χ0) is 28.8. The van der Waals surface area contributed by atoms with Crippen LogP contribution < -0.4 is 10.1 Å². The van der Waals surface area contributed by atoms with Crippen LogP contribution in [0.2, 0.25) is 0 Å². The van der Waals surface area contributed by atoms with Crippen LogP contribution in [-0.4, -0.2) is 62.5 Å². The van der Waals surface area contributed by atoms with E-state index in [1.54, 1.807) is 0 Å². The Kier molecular flexibility index (Phi) is 13.8. The molecule has 0 saturated carbocycles. The van der Waals surface area contributed by atoms with Crippen LogP contribution in [0.25, 0.3) is 0 Å². The standard InChI is InChI=1S/C13H15F3N2O4S.C11H15NO.C2H6/c1-10(19)17-6-8-18(9-7-17)23(20,21)12-4-2-11(3-5-12)22-13(14,15)16;1-2-3-10-4-6-11(7-5-10)8-12-9-13;1-2/h2-5H,6-9H2,1H3;4-7,9H,2-3,8H2,1H3,(H,12,13);1-2H3. The second-order valence-corrected chi connectivity index (χ2v) is 9.93. The zero-order valence-electron chi connectivity index (χ0n) is 22.1. The number of halogens is 3. The molecular weight excluding hydrogens is 523 g/mol. The van der Waals surface area contributed by atoms with Crippen molar-refractivity contribution in [1.29, 1.82) is 0 Å². The molecule has 1 aliphatic heterocycles. The summed E-state index contributed by atoms with van der Waals surface area (Å²) in [5.74, 6) is -0.617. The van der Waals surface area contributed by atoms with Crippen LogP contribution in [-0.2, 0) is 32.6 Å². The van der Waals surface area contributed by atoms with Crippen molar-refractivity contribution in [2.45, 2.75) is 58.3 Å². The first kappa shape index (κ1) is 32.9. The quantitative estimate of drug-likeness (QED) is 0.486. The van der Waals surface area contributed by atoms with Crippen molar-refractivity contribution in [1.82, 2.24) is 14.5 Å². The normalized spacial score (nSPS) is 13.8. The van der Waals surface area contributed by atoms with Gasteiger partial charge in [0.25, 0.3) is 0 Å². The molecule has 1 saturated heterocycles. The van der Waals surface area contributed by atoms with Gasteiger partial charge in [-0.05, 0) is 41.8 Å². The highest BCUT2D eigenvalue weighted by molar-refractivity contribution is 7.89. The Morgan fingerprint density at radius 2 is 1.50 bits per heavy atom. The fraction of sp³-hybridized carbons (Fsp3) is 0.462. The molecule has 0 aliphatic carbocycles. The third-order valence-corrected chi connectivity index (χ3v) is 7.24. The number of piperazine rings is 1. The van der Waals surface area contributed by atoms with E-state index in [2.05, 4.69) is 41.2 Å². The molecule has 1 aliphatic rings. The highest BCUT2D eigenvalue weighted by Crippen LogP contribution is 2.25. The van der Waals surface area contributed by atoms with E-state index in [-0.39, 0.29) is 37.0 Å². The van der Waals surface area contributed by atoms with Crippen molar-refractivity contribution in [3.63, 3.8) is 0 Å². The summed E-state index contributed by atoms with van der Waals surface area (Å²) in [6, 6.07) is 12.4. The van der Waals surface area contributed by atoms with Gasteiger partial charge in [-0.1, -0.05) is 51.5 Å². The molecule has 0 atom stereocenters. The van der Waals surface area contributed by atoms with Crippen molar-refractivity contribution in [2.24, 2.45) is 0 Å². The molecule has 0 aromatic heterocycles. The Balaban J connectivity index is 0.000000408. The van der Waals surface area contributed by atoms with E-state index in [4.69, 9.17) is 0 Å². The number of sulfonamides is 1. The summed E-state index contributed by atoms with van der Waals surface area (Å²) in [4.78, 5) is 22.7. The predicted molar refractivity (Wildman–Crippen MR) is 139 cm³/mol. The molecular formula is C26H36F3N3O5S. The van der Waals surface area contributed by atoms with Gasteiger partial charge in [0.15, 0.2) is 0 Å². The number of carbonyl (C=O) groups excluding carboxylic acids is 2. The highest BCUT2D eigenvalue weighted by Gasteiger charge is 2.32. The van der Waals surface area contributed by atoms with Gasteiger partial charge in [0.05, 0.1) is 4.90 Å². The zero-order valence-corrected chi connectivity index (χ0v) is 22.9. The SMILES string of the molecule is CC.CC(=O)N1CCN(S(=O)(=O)c2ccc(OC(F)(F)F)cc2)CC1.CCCc1ccc(CNC=O)cc1. The lowest BCUT2D eigenvalue weighted by Crippen LogP contribution is -2.49. The Labute approximate surface area is 222 Å². The van der Waals surface area contributed by atoms with Gasteiger partial charge in [-0.3, -0.25) is 9.59 Å². The molecule has 0 radical (unpaired) electrons. The lowest BCUT2D eigenvalue weighted by molar-refractivity contribution is -0.274. The van der Waals surface area contributed by atoms with Gasteiger partial charge in [-0.25, -0.2) is 8.42 Å². The number of nitrogens with zero attached hydrogens (tertiary/aromatic N) is 2. The number of alkyl halides is 3. The molecule has 212 valence electrons. The lowest BCUT2D eigenvalue weighted by atomic mass is 10.1. The number of hydrogen-bond donors (Lipinski definition) is 1. The van der Waals surface area contributed by atoms with E-state index >= 15 is 0 Å². The summed E-state index contributed by atoms with van der Waals surface area (Å²) in [6.07, 6.45) is -1.81. The van der Waals surface area contributed by atoms with Crippen LogP contribution >= 0.6 is 0 Å². The van der Waals surface area contributed by atoms with Crippen molar-refractivity contribution in [3.8, 4) is 5.75 Å². The first-order valence-corrected chi connectivity index (χ1v) is 13.8. The number of rotatable bonds is 8. The molecule has 12 heteroatoms. The lowest BCUT2D eigenvalue weighted by Gasteiger charge is -2.33. The topological polar surface area (TPSA) is 96.0 Å². The molecule has 0 spiro atoms. The maximum Gasteiger partial charge on any atom is 0.573 e. The average Bonchev–Trinajstić information content (AvgIpc) is 2.89. The van der Waals surface area contributed by atoms with Crippen LogP contribution in [0.15, 0.2) is 53.4 Å². The van der Waals surface area contributed by atoms with E-state index in [9.17, 15) is 31.2 Å². The van der Waals surface area contributed by atoms with Gasteiger partial charge in [0, 0.05) is 39.6 Å². The summed E-state index contributed by atoms with van der Waals surface area (Å²) in [5.41, 5.74) is 2.50. The van der Waals surface area contributed by atoms with Crippen LogP contribution in [0.1, 0.15) is 45.2 Å². The van der Waals surface area contributed by atoms with Crippen molar-refractivity contribution < 1.29 is 35.9 Å². The third kappa shape index (κ3) is 11.1. The summed E-state index contributed by atoms with van der Waals surface area (Å²) in [6.45, 7) is 9.04. The van der Waals surface area contributed by atoms with Crippen LogP contribution in [0.4, 0.5) is 13.2 Å². The molecule has 2 amide bonds. The van der Waals surface area contributed by atoms with Crippen LogP contribution in [0, 0.1) is 0 Å². The first-order valence-electron chi connectivity index (χ1n) is 12.3. The number of nitrogens with one attached hydrogen (secondary N) is 1. The molecule has 8 nitrogen and oxygen atoms in total. The van der Waals surface area contributed by atoms with E-state index in [0.29, 0.717) is 6.54 Å². The number of amides is 2. The second kappa shape index (κ2) is 16.0. The van der Waals surface area contributed by atoms with Gasteiger partial charge < -0.3 is 15.0 Å². The highest BCUT2D eigenvalue weighted by atomic mass is 32.2. The molecule has 0 bridgehead atoms. The second-order valence-electron chi connectivity index (χ2n) is 7.99. The molecule has 2 aromatic carbocycles. The van der Waals surface area contributed by atoms with Crippen molar-refractivity contribution >= 4 is 22.3 Å². The first-order chi connectivity index (χ1) is 18.0. The molecule has 0 unspecified atom stereocenters. The molecule has 3 rings (SSSR count). The number of ether oxygens (including phenoxy) is 1. The van der Waals surface area contributed by atoms with Gasteiger partial charge in [0.2, 0.25) is 22.3 Å². The maximum absolute atomic E-state index is 12.4. The Morgan fingerprint density at radius 1 is 0.974 bits per heavy atom. The Bertz CT molecular complexity index is 1080. The van der Waals surface area contributed by atoms with E-state index in [1.807, 2.05) is 13.8 Å². The average molecular weight is 560 g/mol. The van der Waals surface area contributed by atoms with E-state index in [0.717, 1.165) is 42.7 Å². The fourth-order valence-corrected chi connectivity index (χ4v) is 4.90. The minimum atomic E-state index is -4.83. The molecule has 38 heavy (non-hydrogen) atoms. The number of carbonyl (C=O) groups is 2. The van der Waals surface area contributed by atoms with E-state index in [1.165, 1.54) is 28.1 Å². The summed E-state index contributed by atoms with van der Waals surface area (Å²) < 4.78 is 66.0. The fourth-order valence-electron chi connectivity index (χ4n) is 3.48. The molecule has 2 aromatic rings. The van der Waals surface area contributed by atoms with Crippen molar-refractivity contribution in [2.75, 3.05) is 26.2 Å². The van der Waals surface area contributed by atoms with Gasteiger partial charge in [-0.2, -0.15) is 4.31 Å². The number of hydrogen-bond acceptors (Lipinski definition) is 5. The minimum absolute atomic E-state index is 0.122.